The Morgan fingerprint density at radius 3 is 2.56 bits per heavy atom. The van der Waals surface area contributed by atoms with Crippen LogP contribution in [0.25, 0.3) is 0 Å². The lowest BCUT2D eigenvalue weighted by Crippen LogP contribution is -2.08. The van der Waals surface area contributed by atoms with Crippen LogP contribution in [0.2, 0.25) is 0 Å². The molecule has 0 heterocycles. The van der Waals surface area contributed by atoms with Crippen LogP contribution in [0.15, 0.2) is 30.1 Å². The lowest BCUT2D eigenvalue weighted by Gasteiger charge is -2.12. The number of rotatable bonds is 4. The molecule has 0 aliphatic rings. The van der Waals surface area contributed by atoms with Crippen LogP contribution in [0.1, 0.15) is 11.1 Å². The number of aliphatic hydroxyl groups is 1. The van der Waals surface area contributed by atoms with E-state index >= 15 is 0 Å². The van der Waals surface area contributed by atoms with E-state index in [9.17, 15) is 17.6 Å². The van der Waals surface area contributed by atoms with Crippen molar-refractivity contribution in [2.75, 3.05) is 13.7 Å². The summed E-state index contributed by atoms with van der Waals surface area (Å²) in [6.45, 7) is -0.762. The van der Waals surface area contributed by atoms with E-state index in [4.69, 9.17) is 5.11 Å². The van der Waals surface area contributed by atoms with Crippen LogP contribution in [0.4, 0.5) is 17.6 Å². The minimum Gasteiger partial charge on any atom is -0.496 e. The van der Waals surface area contributed by atoms with Crippen molar-refractivity contribution in [1.82, 2.24) is 0 Å². The van der Waals surface area contributed by atoms with Gasteiger partial charge in [-0.15, -0.1) is 0 Å². The largest absolute Gasteiger partial charge is 0.496 e. The Kier molecular flexibility index (Phi) is 4.72. The highest BCUT2D eigenvalue weighted by Crippen LogP contribution is 2.36. The van der Waals surface area contributed by atoms with Gasteiger partial charge in [0.05, 0.1) is 19.3 Å². The zero-order valence-electron chi connectivity index (χ0n) is 9.59. The van der Waals surface area contributed by atoms with Crippen LogP contribution in [0.3, 0.4) is 0 Å². The van der Waals surface area contributed by atoms with E-state index in [1.807, 2.05) is 0 Å². The second-order valence-corrected chi connectivity index (χ2v) is 3.55. The molecule has 0 aromatic heterocycles. The number of halogens is 4. The van der Waals surface area contributed by atoms with Gasteiger partial charge < -0.3 is 9.84 Å². The molecule has 0 aliphatic carbocycles. The Hall–Kier alpha value is -1.56. The van der Waals surface area contributed by atoms with Crippen molar-refractivity contribution in [1.29, 1.82) is 0 Å². The van der Waals surface area contributed by atoms with Crippen molar-refractivity contribution in [3.05, 3.63) is 41.2 Å². The van der Waals surface area contributed by atoms with Gasteiger partial charge in [-0.1, -0.05) is 6.07 Å². The van der Waals surface area contributed by atoms with E-state index in [0.29, 0.717) is 0 Å². The maximum Gasteiger partial charge on any atom is 0.419 e. The fourth-order valence-corrected chi connectivity index (χ4v) is 1.40. The molecule has 1 aromatic carbocycles. The van der Waals surface area contributed by atoms with Crippen molar-refractivity contribution >= 4 is 0 Å². The van der Waals surface area contributed by atoms with Crippen LogP contribution in [-0.4, -0.2) is 18.8 Å². The maximum atomic E-state index is 12.7. The van der Waals surface area contributed by atoms with Crippen LogP contribution in [-0.2, 0) is 12.6 Å². The third-order valence-electron chi connectivity index (χ3n) is 2.28. The Morgan fingerprint density at radius 2 is 2.06 bits per heavy atom. The van der Waals surface area contributed by atoms with Gasteiger partial charge in [0.15, 0.2) is 0 Å². The molecule has 0 spiro atoms. The van der Waals surface area contributed by atoms with Crippen LogP contribution in [0, 0.1) is 0 Å². The molecule has 1 N–H and O–H groups in total. The molecular formula is C12H12F4O2. The second-order valence-electron chi connectivity index (χ2n) is 3.55. The van der Waals surface area contributed by atoms with Crippen molar-refractivity contribution in [3.63, 3.8) is 0 Å². The predicted molar refractivity (Wildman–Crippen MR) is 58.0 cm³/mol. The van der Waals surface area contributed by atoms with E-state index in [1.54, 1.807) is 0 Å². The minimum absolute atomic E-state index is 0.0283. The van der Waals surface area contributed by atoms with Crippen LogP contribution >= 0.6 is 0 Å². The number of ether oxygens (including phenoxy) is 1. The van der Waals surface area contributed by atoms with E-state index in [0.717, 1.165) is 19.3 Å². The molecule has 0 radical (unpaired) electrons. The zero-order chi connectivity index (χ0) is 13.8. The van der Waals surface area contributed by atoms with Gasteiger partial charge >= 0.3 is 6.18 Å². The first-order valence-electron chi connectivity index (χ1n) is 5.08. The van der Waals surface area contributed by atoms with Crippen molar-refractivity contribution in [3.8, 4) is 5.75 Å². The van der Waals surface area contributed by atoms with Gasteiger partial charge in [-0.2, -0.15) is 13.2 Å². The number of aliphatic hydroxyl groups excluding tert-OH is 1. The number of hydrogen-bond donors (Lipinski definition) is 1. The van der Waals surface area contributed by atoms with Crippen LogP contribution < -0.4 is 4.74 Å². The molecule has 6 heteroatoms. The maximum absolute atomic E-state index is 12.7. The summed E-state index contributed by atoms with van der Waals surface area (Å²) in [6.07, 6.45) is -3.53. The Morgan fingerprint density at radius 1 is 1.39 bits per heavy atom. The van der Waals surface area contributed by atoms with Gasteiger partial charge in [0.25, 0.3) is 0 Å². The fraction of sp³-hybridized carbons (Fsp3) is 0.333. The van der Waals surface area contributed by atoms with Gasteiger partial charge in [-0.3, -0.25) is 0 Å². The summed E-state index contributed by atoms with van der Waals surface area (Å²) in [6, 6.07) is 3.50. The molecule has 0 atom stereocenters. The Labute approximate surface area is 102 Å². The summed E-state index contributed by atoms with van der Waals surface area (Å²) in [5.41, 5.74) is -0.618. The lowest BCUT2D eigenvalue weighted by atomic mass is 10.1. The van der Waals surface area contributed by atoms with E-state index < -0.39 is 24.2 Å². The number of allylic oxidation sites excluding steroid dienone is 1. The number of alkyl halides is 3. The fourth-order valence-electron chi connectivity index (χ4n) is 1.40. The molecule has 1 aromatic rings. The SMILES string of the molecule is COc1ccc(CC=C(F)CO)cc1C(F)(F)F. The summed E-state index contributed by atoms with van der Waals surface area (Å²) < 4.78 is 55.3. The molecule has 0 unspecified atom stereocenters. The highest BCUT2D eigenvalue weighted by molar-refractivity contribution is 5.39. The first-order chi connectivity index (χ1) is 8.38. The third-order valence-corrected chi connectivity index (χ3v) is 2.28. The molecular weight excluding hydrogens is 252 g/mol. The first kappa shape index (κ1) is 14.5. The van der Waals surface area contributed by atoms with E-state index in [-0.39, 0.29) is 17.7 Å². The van der Waals surface area contributed by atoms with Gasteiger partial charge in [0.1, 0.15) is 11.6 Å². The molecule has 0 amide bonds. The van der Waals surface area contributed by atoms with Gasteiger partial charge in [0, 0.05) is 0 Å². The molecule has 0 saturated carbocycles. The molecule has 0 saturated heterocycles. The third kappa shape index (κ3) is 3.73. The second kappa shape index (κ2) is 5.86. The first-order valence-corrected chi connectivity index (χ1v) is 5.08. The average Bonchev–Trinajstić information content (AvgIpc) is 2.34. The predicted octanol–water partition coefficient (Wildman–Crippen LogP) is 3.10. The summed E-state index contributed by atoms with van der Waals surface area (Å²) in [5, 5.41) is 8.44. The summed E-state index contributed by atoms with van der Waals surface area (Å²) in [4.78, 5) is 0. The molecule has 1 rings (SSSR count). The normalized spacial score (nSPS) is 12.7. The van der Waals surface area contributed by atoms with E-state index in [2.05, 4.69) is 4.74 Å². The number of methoxy groups -OCH3 is 1. The highest BCUT2D eigenvalue weighted by atomic mass is 19.4. The zero-order valence-corrected chi connectivity index (χ0v) is 9.59. The van der Waals surface area contributed by atoms with Crippen molar-refractivity contribution in [2.24, 2.45) is 0 Å². The highest BCUT2D eigenvalue weighted by Gasteiger charge is 2.34. The molecule has 0 bridgehead atoms. The smallest absolute Gasteiger partial charge is 0.419 e. The average molecular weight is 264 g/mol. The lowest BCUT2D eigenvalue weighted by molar-refractivity contribution is -0.138. The monoisotopic (exact) mass is 264 g/mol. The van der Waals surface area contributed by atoms with Crippen molar-refractivity contribution < 1.29 is 27.4 Å². The number of hydrogen-bond acceptors (Lipinski definition) is 2. The molecule has 0 aliphatic heterocycles. The Bertz CT molecular complexity index is 438. The molecule has 0 fully saturated rings. The summed E-state index contributed by atoms with van der Waals surface area (Å²) >= 11 is 0. The molecule has 100 valence electrons. The topological polar surface area (TPSA) is 29.5 Å². The molecule has 2 nitrogen and oxygen atoms in total. The Balaban J connectivity index is 3.04. The number of benzene rings is 1. The van der Waals surface area contributed by atoms with Crippen molar-refractivity contribution in [2.45, 2.75) is 12.6 Å². The van der Waals surface area contributed by atoms with Gasteiger partial charge in [-0.25, -0.2) is 4.39 Å². The quantitative estimate of drug-likeness (QED) is 0.847. The van der Waals surface area contributed by atoms with Crippen LogP contribution in [0.5, 0.6) is 5.75 Å². The standard InChI is InChI=1S/C12H12F4O2/c1-18-11-5-3-8(2-4-9(13)7-17)6-10(11)12(14,15)16/h3-6,17H,2,7H2,1H3. The summed E-state index contributed by atoms with van der Waals surface area (Å²) in [7, 11) is 1.15. The van der Waals surface area contributed by atoms with E-state index in [1.165, 1.54) is 12.1 Å². The van der Waals surface area contributed by atoms with Gasteiger partial charge in [0.2, 0.25) is 0 Å². The van der Waals surface area contributed by atoms with Gasteiger partial charge in [-0.05, 0) is 30.2 Å². The minimum atomic E-state index is -4.53. The molecule has 18 heavy (non-hydrogen) atoms. The summed E-state index contributed by atoms with van der Waals surface area (Å²) in [5.74, 6) is -1.06.